The number of aryl methyl sites for hydroxylation is 1. The molecule has 0 radical (unpaired) electrons. The lowest BCUT2D eigenvalue weighted by Crippen LogP contribution is -2.16. The SMILES string of the molecule is COCC(=O)Nc1ccc2[nH]c3c(C)nc(C(=O)OC)cc3c2c1. The smallest absolute Gasteiger partial charge is 0.356 e. The van der Waals surface area contributed by atoms with E-state index in [4.69, 9.17) is 9.47 Å². The summed E-state index contributed by atoms with van der Waals surface area (Å²) in [6, 6.07) is 7.21. The maximum atomic E-state index is 11.8. The van der Waals surface area contributed by atoms with Crippen molar-refractivity contribution >= 4 is 39.4 Å². The quantitative estimate of drug-likeness (QED) is 0.718. The van der Waals surface area contributed by atoms with Crippen LogP contribution in [0.2, 0.25) is 0 Å². The molecule has 0 spiro atoms. The van der Waals surface area contributed by atoms with Crippen LogP contribution in [-0.4, -0.2) is 42.7 Å². The van der Waals surface area contributed by atoms with Gasteiger partial charge in [-0.1, -0.05) is 0 Å². The Morgan fingerprint density at radius 1 is 1.21 bits per heavy atom. The van der Waals surface area contributed by atoms with Crippen LogP contribution in [0.4, 0.5) is 5.69 Å². The van der Waals surface area contributed by atoms with Crippen molar-refractivity contribution in [3.63, 3.8) is 0 Å². The number of pyridine rings is 1. The third kappa shape index (κ3) is 2.81. The van der Waals surface area contributed by atoms with E-state index in [-0.39, 0.29) is 18.2 Å². The molecule has 7 nitrogen and oxygen atoms in total. The fraction of sp³-hybridized carbons (Fsp3) is 0.235. The van der Waals surface area contributed by atoms with Crippen LogP contribution < -0.4 is 5.32 Å². The van der Waals surface area contributed by atoms with E-state index in [1.54, 1.807) is 12.1 Å². The van der Waals surface area contributed by atoms with Crippen LogP contribution in [0.3, 0.4) is 0 Å². The molecule has 0 saturated carbocycles. The molecule has 24 heavy (non-hydrogen) atoms. The van der Waals surface area contributed by atoms with Gasteiger partial charge >= 0.3 is 5.97 Å². The monoisotopic (exact) mass is 327 g/mol. The molecular weight excluding hydrogens is 310 g/mol. The molecule has 2 N–H and O–H groups in total. The van der Waals surface area contributed by atoms with Crippen molar-refractivity contribution in [3.8, 4) is 0 Å². The van der Waals surface area contributed by atoms with Crippen LogP contribution in [-0.2, 0) is 14.3 Å². The van der Waals surface area contributed by atoms with E-state index in [1.807, 2.05) is 19.1 Å². The normalized spacial score (nSPS) is 11.0. The highest BCUT2D eigenvalue weighted by Gasteiger charge is 2.14. The van der Waals surface area contributed by atoms with Gasteiger partial charge in [0.2, 0.25) is 5.91 Å². The molecule has 0 fully saturated rings. The van der Waals surface area contributed by atoms with E-state index in [0.29, 0.717) is 11.4 Å². The van der Waals surface area contributed by atoms with E-state index < -0.39 is 5.97 Å². The summed E-state index contributed by atoms with van der Waals surface area (Å²) in [6.45, 7) is 1.81. The zero-order chi connectivity index (χ0) is 17.3. The molecule has 0 aliphatic rings. The minimum Gasteiger partial charge on any atom is -0.464 e. The molecule has 1 aromatic carbocycles. The molecule has 0 aliphatic carbocycles. The Kier molecular flexibility index (Phi) is 4.18. The molecule has 0 saturated heterocycles. The van der Waals surface area contributed by atoms with Crippen LogP contribution >= 0.6 is 0 Å². The number of benzene rings is 1. The van der Waals surface area contributed by atoms with Crippen LogP contribution in [0.5, 0.6) is 0 Å². The average Bonchev–Trinajstić information content (AvgIpc) is 2.93. The summed E-state index contributed by atoms with van der Waals surface area (Å²) >= 11 is 0. The molecule has 0 bridgehead atoms. The number of hydrogen-bond acceptors (Lipinski definition) is 5. The number of aromatic amines is 1. The minimum atomic E-state index is -0.487. The first-order valence-corrected chi connectivity index (χ1v) is 7.33. The van der Waals surface area contributed by atoms with Gasteiger partial charge in [0.25, 0.3) is 0 Å². The Morgan fingerprint density at radius 2 is 2.00 bits per heavy atom. The fourth-order valence-electron chi connectivity index (χ4n) is 2.67. The van der Waals surface area contributed by atoms with Crippen LogP contribution in [0.15, 0.2) is 24.3 Å². The van der Waals surface area contributed by atoms with Crippen LogP contribution in [0, 0.1) is 6.92 Å². The first-order chi connectivity index (χ1) is 11.5. The second kappa shape index (κ2) is 6.29. The Morgan fingerprint density at radius 3 is 2.71 bits per heavy atom. The fourth-order valence-corrected chi connectivity index (χ4v) is 2.67. The molecule has 2 aromatic heterocycles. The molecule has 124 valence electrons. The van der Waals surface area contributed by atoms with Gasteiger partial charge in [-0.2, -0.15) is 0 Å². The second-order valence-electron chi connectivity index (χ2n) is 5.37. The number of carbonyl (C=O) groups excluding carboxylic acids is 2. The second-order valence-corrected chi connectivity index (χ2v) is 5.37. The number of fused-ring (bicyclic) bond motifs is 3. The number of carbonyl (C=O) groups is 2. The average molecular weight is 327 g/mol. The zero-order valence-corrected chi connectivity index (χ0v) is 13.6. The van der Waals surface area contributed by atoms with Gasteiger partial charge in [-0.25, -0.2) is 9.78 Å². The summed E-state index contributed by atoms with van der Waals surface area (Å²) in [5.74, 6) is -0.719. The Balaban J connectivity index is 2.13. The molecule has 1 amide bonds. The number of amides is 1. The summed E-state index contributed by atoms with van der Waals surface area (Å²) in [4.78, 5) is 31.0. The third-order valence-electron chi connectivity index (χ3n) is 3.72. The van der Waals surface area contributed by atoms with Crippen LogP contribution in [0.1, 0.15) is 16.2 Å². The van der Waals surface area contributed by atoms with Gasteiger partial charge in [0.05, 0.1) is 18.3 Å². The molecule has 3 rings (SSSR count). The Hall–Kier alpha value is -2.93. The molecule has 0 atom stereocenters. The lowest BCUT2D eigenvalue weighted by atomic mass is 10.1. The van der Waals surface area contributed by atoms with Crippen molar-refractivity contribution < 1.29 is 19.1 Å². The molecule has 7 heteroatoms. The van der Waals surface area contributed by atoms with Gasteiger partial charge in [0.1, 0.15) is 12.3 Å². The number of ether oxygens (including phenoxy) is 2. The first kappa shape index (κ1) is 15.9. The van der Waals surface area contributed by atoms with E-state index in [0.717, 1.165) is 21.8 Å². The van der Waals surface area contributed by atoms with Crippen molar-refractivity contribution in [3.05, 3.63) is 35.7 Å². The van der Waals surface area contributed by atoms with Gasteiger partial charge < -0.3 is 19.8 Å². The van der Waals surface area contributed by atoms with E-state index in [9.17, 15) is 9.59 Å². The zero-order valence-electron chi connectivity index (χ0n) is 13.6. The molecule has 0 unspecified atom stereocenters. The molecule has 2 heterocycles. The highest BCUT2D eigenvalue weighted by molar-refractivity contribution is 6.11. The maximum absolute atomic E-state index is 11.8. The van der Waals surface area contributed by atoms with Gasteiger partial charge in [0.15, 0.2) is 0 Å². The lowest BCUT2D eigenvalue weighted by Gasteiger charge is -2.05. The largest absolute Gasteiger partial charge is 0.464 e. The molecule has 3 aromatic rings. The maximum Gasteiger partial charge on any atom is 0.356 e. The highest BCUT2D eigenvalue weighted by atomic mass is 16.5. The number of aromatic nitrogens is 2. The number of methoxy groups -OCH3 is 2. The number of H-pyrrole nitrogens is 1. The van der Waals surface area contributed by atoms with Gasteiger partial charge in [-0.15, -0.1) is 0 Å². The number of rotatable bonds is 4. The van der Waals surface area contributed by atoms with Gasteiger partial charge in [0, 0.05) is 29.1 Å². The van der Waals surface area contributed by atoms with Gasteiger partial charge in [-0.05, 0) is 31.2 Å². The highest BCUT2D eigenvalue weighted by Crippen LogP contribution is 2.29. The summed E-state index contributed by atoms with van der Waals surface area (Å²) in [6.07, 6.45) is 0. The van der Waals surface area contributed by atoms with E-state index in [2.05, 4.69) is 15.3 Å². The minimum absolute atomic E-state index is 0.0125. The number of nitrogens with one attached hydrogen (secondary N) is 2. The standard InChI is InChI=1S/C17H17N3O4/c1-9-16-12(7-14(18-9)17(22)24-3)11-6-10(4-5-13(11)20-16)19-15(21)8-23-2/h4-7,20H,8H2,1-3H3,(H,19,21). The predicted molar refractivity (Wildman–Crippen MR) is 90.2 cm³/mol. The van der Waals surface area contributed by atoms with Crippen molar-refractivity contribution in [2.45, 2.75) is 6.92 Å². The molecular formula is C17H17N3O4. The summed E-state index contributed by atoms with van der Waals surface area (Å²) in [7, 11) is 2.79. The lowest BCUT2D eigenvalue weighted by molar-refractivity contribution is -0.119. The summed E-state index contributed by atoms with van der Waals surface area (Å²) < 4.78 is 9.56. The summed E-state index contributed by atoms with van der Waals surface area (Å²) in [5, 5.41) is 4.50. The van der Waals surface area contributed by atoms with E-state index in [1.165, 1.54) is 14.2 Å². The predicted octanol–water partition coefficient (Wildman–Crippen LogP) is 2.40. The Bertz CT molecular complexity index is 946. The van der Waals surface area contributed by atoms with Gasteiger partial charge in [-0.3, -0.25) is 4.79 Å². The van der Waals surface area contributed by atoms with Crippen molar-refractivity contribution in [1.82, 2.24) is 9.97 Å². The number of anilines is 1. The van der Waals surface area contributed by atoms with Crippen molar-refractivity contribution in [2.24, 2.45) is 0 Å². The van der Waals surface area contributed by atoms with Crippen molar-refractivity contribution in [1.29, 1.82) is 0 Å². The molecule has 0 aliphatic heterocycles. The number of hydrogen-bond donors (Lipinski definition) is 2. The third-order valence-corrected chi connectivity index (χ3v) is 3.72. The van der Waals surface area contributed by atoms with E-state index >= 15 is 0 Å². The summed E-state index contributed by atoms with van der Waals surface area (Å²) in [5.41, 5.74) is 3.34. The Labute approximate surface area is 138 Å². The van der Waals surface area contributed by atoms with Crippen LogP contribution in [0.25, 0.3) is 21.8 Å². The topological polar surface area (TPSA) is 93.3 Å². The first-order valence-electron chi connectivity index (χ1n) is 7.33. The number of esters is 1. The number of nitrogens with zero attached hydrogens (tertiary/aromatic N) is 1. The van der Waals surface area contributed by atoms with Crippen molar-refractivity contribution in [2.75, 3.05) is 26.1 Å².